The number of nitrogens with zero attached hydrogens (tertiary/aromatic N) is 2. The maximum absolute atomic E-state index is 5.75. The highest BCUT2D eigenvalue weighted by Crippen LogP contribution is 2.29. The van der Waals surface area contributed by atoms with Gasteiger partial charge < -0.3 is 0 Å². The average molecular weight is 469 g/mol. The van der Waals surface area contributed by atoms with Crippen LogP contribution in [0.15, 0.2) is 15.9 Å². The van der Waals surface area contributed by atoms with E-state index in [2.05, 4.69) is 79.0 Å². The molecule has 0 saturated carbocycles. The molecule has 2 aromatic rings. The van der Waals surface area contributed by atoms with Crippen molar-refractivity contribution in [1.29, 1.82) is 0 Å². The summed E-state index contributed by atoms with van der Waals surface area (Å²) in [6.07, 6.45) is 1.75. The highest BCUT2D eigenvalue weighted by atomic mass is 127. The molecule has 20 heavy (non-hydrogen) atoms. The van der Waals surface area contributed by atoms with E-state index in [9.17, 15) is 0 Å². The zero-order chi connectivity index (χ0) is 14.7. The summed E-state index contributed by atoms with van der Waals surface area (Å²) in [6, 6.07) is 2.29. The Hall–Kier alpha value is 0.0400. The molecule has 0 aliphatic carbocycles. The number of hydrogen-bond donors (Lipinski definition) is 2. The summed E-state index contributed by atoms with van der Waals surface area (Å²) >= 11 is 7.76. The van der Waals surface area contributed by atoms with Crippen molar-refractivity contribution in [2.24, 2.45) is 5.84 Å². The smallest absolute Gasteiger partial charge is 0.0766 e. The van der Waals surface area contributed by atoms with Crippen LogP contribution in [0.25, 0.3) is 0 Å². The van der Waals surface area contributed by atoms with Crippen LogP contribution in [-0.4, -0.2) is 9.78 Å². The fraction of sp³-hybridized carbons (Fsp3) is 0.462. The fourth-order valence-corrected chi connectivity index (χ4v) is 4.34. The van der Waals surface area contributed by atoms with Crippen LogP contribution in [0.1, 0.15) is 36.8 Å². The van der Waals surface area contributed by atoms with E-state index in [0.29, 0.717) is 0 Å². The van der Waals surface area contributed by atoms with Crippen molar-refractivity contribution in [3.8, 4) is 0 Å². The van der Waals surface area contributed by atoms with E-state index in [0.717, 1.165) is 29.6 Å². The van der Waals surface area contributed by atoms with Crippen molar-refractivity contribution >= 4 is 49.9 Å². The number of thiophene rings is 1. The predicted molar refractivity (Wildman–Crippen MR) is 95.8 cm³/mol. The molecule has 0 aliphatic rings. The first-order valence-electron chi connectivity index (χ1n) is 6.54. The highest BCUT2D eigenvalue weighted by molar-refractivity contribution is 14.1. The molecule has 7 heteroatoms. The third kappa shape index (κ3) is 3.44. The number of hydrogen-bond acceptors (Lipinski definition) is 4. The lowest BCUT2D eigenvalue weighted by Gasteiger charge is -2.15. The average Bonchev–Trinajstić information content (AvgIpc) is 3.00. The van der Waals surface area contributed by atoms with Crippen LogP contribution >= 0.6 is 49.9 Å². The lowest BCUT2D eigenvalue weighted by molar-refractivity contribution is 0.516. The number of nitrogens with one attached hydrogen (secondary N) is 1. The van der Waals surface area contributed by atoms with Crippen LogP contribution in [0.4, 0.5) is 0 Å². The first-order chi connectivity index (χ1) is 9.60. The van der Waals surface area contributed by atoms with E-state index in [4.69, 9.17) is 5.84 Å². The molecule has 0 fully saturated rings. The SMILES string of the molecule is CCc1nn(CC)c(CC(NN)c2csc(I)c2)c1Br. The van der Waals surface area contributed by atoms with E-state index in [1.54, 1.807) is 11.3 Å². The Bertz CT molecular complexity index is 581. The van der Waals surface area contributed by atoms with Crippen LogP contribution in [0.5, 0.6) is 0 Å². The van der Waals surface area contributed by atoms with Gasteiger partial charge in [-0.25, -0.2) is 0 Å². The van der Waals surface area contributed by atoms with Crippen molar-refractivity contribution in [1.82, 2.24) is 15.2 Å². The summed E-state index contributed by atoms with van der Waals surface area (Å²) in [6.45, 7) is 5.10. The van der Waals surface area contributed by atoms with Crippen LogP contribution in [0.2, 0.25) is 0 Å². The first-order valence-corrected chi connectivity index (χ1v) is 9.29. The van der Waals surface area contributed by atoms with Gasteiger partial charge in [-0.3, -0.25) is 16.0 Å². The Morgan fingerprint density at radius 1 is 1.55 bits per heavy atom. The van der Waals surface area contributed by atoms with Crippen molar-refractivity contribution < 1.29 is 0 Å². The van der Waals surface area contributed by atoms with Crippen molar-refractivity contribution in [3.05, 3.63) is 35.8 Å². The molecule has 2 aromatic heterocycles. The molecule has 0 saturated heterocycles. The molecule has 0 radical (unpaired) electrons. The van der Waals surface area contributed by atoms with Gasteiger partial charge in [0.1, 0.15) is 0 Å². The Morgan fingerprint density at radius 3 is 2.80 bits per heavy atom. The van der Waals surface area contributed by atoms with E-state index in [-0.39, 0.29) is 6.04 Å². The summed E-state index contributed by atoms with van der Waals surface area (Å²) in [4.78, 5) is 0. The molecule has 0 aromatic carbocycles. The summed E-state index contributed by atoms with van der Waals surface area (Å²) in [5.74, 6) is 5.75. The van der Waals surface area contributed by atoms with E-state index < -0.39 is 0 Å². The summed E-state index contributed by atoms with van der Waals surface area (Å²) < 4.78 is 4.45. The molecule has 3 N–H and O–H groups in total. The van der Waals surface area contributed by atoms with Crippen molar-refractivity contribution in [2.45, 2.75) is 39.3 Å². The topological polar surface area (TPSA) is 55.9 Å². The molecule has 2 rings (SSSR count). The normalized spacial score (nSPS) is 12.8. The maximum atomic E-state index is 5.75. The number of hydrazine groups is 1. The fourth-order valence-electron chi connectivity index (χ4n) is 2.18. The molecule has 0 amide bonds. The third-order valence-corrected chi connectivity index (χ3v) is 6.01. The Balaban J connectivity index is 2.29. The van der Waals surface area contributed by atoms with Gasteiger partial charge in [-0.05, 0) is 68.9 Å². The van der Waals surface area contributed by atoms with Crippen LogP contribution in [0.3, 0.4) is 0 Å². The van der Waals surface area contributed by atoms with Gasteiger partial charge in [-0.1, -0.05) is 6.92 Å². The van der Waals surface area contributed by atoms with Gasteiger partial charge in [-0.2, -0.15) is 5.10 Å². The number of aromatic nitrogens is 2. The lowest BCUT2D eigenvalue weighted by Crippen LogP contribution is -2.30. The monoisotopic (exact) mass is 468 g/mol. The number of aryl methyl sites for hydroxylation is 2. The molecule has 0 spiro atoms. The molecular weight excluding hydrogens is 451 g/mol. The third-order valence-electron chi connectivity index (χ3n) is 3.28. The molecule has 1 atom stereocenters. The van der Waals surface area contributed by atoms with Gasteiger partial charge >= 0.3 is 0 Å². The zero-order valence-corrected chi connectivity index (χ0v) is 16.0. The second-order valence-corrected chi connectivity index (χ2v) is 8.08. The number of nitrogens with two attached hydrogens (primary N) is 1. The van der Waals surface area contributed by atoms with Gasteiger partial charge in [0.2, 0.25) is 0 Å². The van der Waals surface area contributed by atoms with Gasteiger partial charge in [-0.15, -0.1) is 11.3 Å². The van der Waals surface area contributed by atoms with E-state index >= 15 is 0 Å². The minimum absolute atomic E-state index is 0.109. The Labute approximate surface area is 145 Å². The Morgan fingerprint density at radius 2 is 2.30 bits per heavy atom. The second-order valence-electron chi connectivity index (χ2n) is 4.48. The highest BCUT2D eigenvalue weighted by Gasteiger charge is 2.19. The molecular formula is C13H18BrIN4S. The van der Waals surface area contributed by atoms with E-state index in [1.165, 1.54) is 14.1 Å². The van der Waals surface area contributed by atoms with Crippen LogP contribution in [0, 0.1) is 2.88 Å². The summed E-state index contributed by atoms with van der Waals surface area (Å²) in [5, 5.41) is 6.80. The van der Waals surface area contributed by atoms with Crippen molar-refractivity contribution in [2.75, 3.05) is 0 Å². The largest absolute Gasteiger partial charge is 0.271 e. The van der Waals surface area contributed by atoms with Gasteiger partial charge in [0.15, 0.2) is 0 Å². The number of rotatable bonds is 6. The predicted octanol–water partition coefficient (Wildman–Crippen LogP) is 3.64. The zero-order valence-electron chi connectivity index (χ0n) is 11.5. The minimum atomic E-state index is 0.109. The molecule has 2 heterocycles. The second kappa shape index (κ2) is 7.35. The molecule has 0 aliphatic heterocycles. The van der Waals surface area contributed by atoms with E-state index in [1.807, 2.05) is 0 Å². The maximum Gasteiger partial charge on any atom is 0.0766 e. The van der Waals surface area contributed by atoms with Gasteiger partial charge in [0.05, 0.1) is 24.8 Å². The molecule has 4 nitrogen and oxygen atoms in total. The van der Waals surface area contributed by atoms with Gasteiger partial charge in [0.25, 0.3) is 0 Å². The molecule has 110 valence electrons. The Kier molecular flexibility index (Phi) is 6.03. The summed E-state index contributed by atoms with van der Waals surface area (Å²) in [7, 11) is 0. The van der Waals surface area contributed by atoms with Crippen LogP contribution < -0.4 is 11.3 Å². The quantitative estimate of drug-likeness (QED) is 0.386. The lowest BCUT2D eigenvalue weighted by atomic mass is 10.1. The van der Waals surface area contributed by atoms with Gasteiger partial charge in [0, 0.05) is 13.0 Å². The first kappa shape index (κ1) is 16.4. The van der Waals surface area contributed by atoms with Crippen molar-refractivity contribution in [3.63, 3.8) is 0 Å². The summed E-state index contributed by atoms with van der Waals surface area (Å²) in [5.41, 5.74) is 6.47. The number of halogens is 2. The van der Waals surface area contributed by atoms with Crippen LogP contribution in [-0.2, 0) is 19.4 Å². The molecule has 0 bridgehead atoms. The minimum Gasteiger partial charge on any atom is -0.271 e. The standard InChI is InChI=1S/C13H18BrIN4S/c1-3-9-13(14)11(19(4-2)18-9)6-10(17-16)8-5-12(15)20-7-8/h5,7,10,17H,3-4,6,16H2,1-2H3. The molecule has 1 unspecified atom stereocenters.